The van der Waals surface area contributed by atoms with Crippen molar-refractivity contribution in [3.05, 3.63) is 55.0 Å². The van der Waals surface area contributed by atoms with Crippen LogP contribution in [-0.2, 0) is 19.4 Å². The Hall–Kier alpha value is -2.32. The average Bonchev–Trinajstić information content (AvgIpc) is 3.23. The molecule has 27 heavy (non-hydrogen) atoms. The molecule has 0 atom stereocenters. The Morgan fingerprint density at radius 3 is 2.74 bits per heavy atom. The van der Waals surface area contributed by atoms with Gasteiger partial charge >= 0.3 is 0 Å². The van der Waals surface area contributed by atoms with Crippen LogP contribution in [-0.4, -0.2) is 51.8 Å². The molecule has 2 aliphatic rings. The van der Waals surface area contributed by atoms with Crippen LogP contribution in [0.3, 0.4) is 0 Å². The number of benzene rings is 1. The van der Waals surface area contributed by atoms with E-state index in [-0.39, 0.29) is 11.6 Å². The van der Waals surface area contributed by atoms with Crippen molar-refractivity contribution in [1.82, 2.24) is 14.8 Å². The number of nitro groups is 1. The second kappa shape index (κ2) is 7.36. The van der Waals surface area contributed by atoms with Crippen LogP contribution in [0, 0.1) is 17.0 Å². The maximum absolute atomic E-state index is 12.8. The van der Waals surface area contributed by atoms with Crippen LogP contribution in [0.25, 0.3) is 0 Å². The molecule has 0 radical (unpaired) electrons. The topological polar surface area (TPSA) is 79.6 Å². The van der Waals surface area contributed by atoms with Crippen LogP contribution in [0.2, 0.25) is 0 Å². The normalized spacial score (nSPS) is 17.1. The number of carbonyl (C=O) groups is 1. The van der Waals surface area contributed by atoms with Gasteiger partial charge in [-0.15, -0.1) is 11.3 Å². The van der Waals surface area contributed by atoms with E-state index < -0.39 is 4.92 Å². The standard InChI is InChI=1S/C19H22N4O3S/c1-13-14(4-2-6-16(13)23(25)26)19(24)22-10-8-21(9-11-22)12-18-20-15-5-3-7-17(15)27-18/h2,4,6H,3,5,7-12H2,1H3. The van der Waals surface area contributed by atoms with Crippen molar-refractivity contribution in [2.75, 3.05) is 26.2 Å². The van der Waals surface area contributed by atoms with Gasteiger partial charge in [0, 0.05) is 48.2 Å². The van der Waals surface area contributed by atoms with E-state index in [0.29, 0.717) is 24.2 Å². The number of nitro benzene ring substituents is 1. The van der Waals surface area contributed by atoms with Crippen molar-refractivity contribution in [2.45, 2.75) is 32.7 Å². The van der Waals surface area contributed by atoms with E-state index in [1.807, 2.05) is 11.3 Å². The van der Waals surface area contributed by atoms with Crippen molar-refractivity contribution < 1.29 is 9.72 Å². The van der Waals surface area contributed by atoms with Gasteiger partial charge in [0.25, 0.3) is 11.6 Å². The van der Waals surface area contributed by atoms with Gasteiger partial charge in [-0.05, 0) is 32.3 Å². The summed E-state index contributed by atoms with van der Waals surface area (Å²) in [5.41, 5.74) is 2.14. The molecular weight excluding hydrogens is 364 g/mol. The third kappa shape index (κ3) is 3.59. The van der Waals surface area contributed by atoms with E-state index in [4.69, 9.17) is 4.98 Å². The Labute approximate surface area is 161 Å². The van der Waals surface area contributed by atoms with Crippen LogP contribution in [0.4, 0.5) is 5.69 Å². The molecule has 0 bridgehead atoms. The minimum atomic E-state index is -0.435. The van der Waals surface area contributed by atoms with E-state index in [1.165, 1.54) is 28.1 Å². The Balaban J connectivity index is 1.38. The van der Waals surface area contributed by atoms with Gasteiger partial charge in [0.05, 0.1) is 17.2 Å². The molecule has 2 aromatic rings. The second-order valence-corrected chi connectivity index (χ2v) is 8.27. The quantitative estimate of drug-likeness (QED) is 0.596. The second-order valence-electron chi connectivity index (χ2n) is 7.11. The fourth-order valence-electron chi connectivity index (χ4n) is 3.84. The number of aryl methyl sites for hydroxylation is 2. The first kappa shape index (κ1) is 18.1. The van der Waals surface area contributed by atoms with Crippen molar-refractivity contribution >= 4 is 22.9 Å². The summed E-state index contributed by atoms with van der Waals surface area (Å²) in [6.07, 6.45) is 3.50. The molecule has 7 nitrogen and oxygen atoms in total. The first-order valence-corrected chi connectivity index (χ1v) is 10.1. The molecule has 1 aromatic carbocycles. The molecule has 0 spiro atoms. The summed E-state index contributed by atoms with van der Waals surface area (Å²) in [4.78, 5) is 33.8. The van der Waals surface area contributed by atoms with Gasteiger partial charge in [-0.2, -0.15) is 0 Å². The molecule has 1 amide bonds. The number of thiazole rings is 1. The van der Waals surface area contributed by atoms with Crippen LogP contribution >= 0.6 is 11.3 Å². The predicted octanol–water partition coefficient (Wildman–Crippen LogP) is 2.81. The smallest absolute Gasteiger partial charge is 0.273 e. The highest BCUT2D eigenvalue weighted by atomic mass is 32.1. The van der Waals surface area contributed by atoms with Gasteiger partial charge < -0.3 is 4.90 Å². The molecule has 0 unspecified atom stereocenters. The number of hydrogen-bond donors (Lipinski definition) is 0. The molecule has 0 N–H and O–H groups in total. The molecule has 1 aliphatic carbocycles. The van der Waals surface area contributed by atoms with E-state index >= 15 is 0 Å². The fraction of sp³-hybridized carbons (Fsp3) is 0.474. The predicted molar refractivity (Wildman–Crippen MR) is 103 cm³/mol. The maximum atomic E-state index is 12.8. The van der Waals surface area contributed by atoms with E-state index in [9.17, 15) is 14.9 Å². The largest absolute Gasteiger partial charge is 0.336 e. The number of fused-ring (bicyclic) bond motifs is 1. The number of nitrogens with zero attached hydrogens (tertiary/aromatic N) is 4. The molecule has 1 fully saturated rings. The molecule has 2 heterocycles. The van der Waals surface area contributed by atoms with Gasteiger partial charge in [-0.3, -0.25) is 19.8 Å². The van der Waals surface area contributed by atoms with Crippen molar-refractivity contribution in [2.24, 2.45) is 0 Å². The van der Waals surface area contributed by atoms with Crippen LogP contribution in [0.15, 0.2) is 18.2 Å². The van der Waals surface area contributed by atoms with Crippen molar-refractivity contribution in [3.63, 3.8) is 0 Å². The molecule has 142 valence electrons. The third-order valence-electron chi connectivity index (χ3n) is 5.39. The maximum Gasteiger partial charge on any atom is 0.273 e. The summed E-state index contributed by atoms with van der Waals surface area (Å²) in [6, 6.07) is 4.69. The highest BCUT2D eigenvalue weighted by molar-refractivity contribution is 7.11. The van der Waals surface area contributed by atoms with E-state index in [1.54, 1.807) is 24.0 Å². The summed E-state index contributed by atoms with van der Waals surface area (Å²) < 4.78 is 0. The zero-order valence-electron chi connectivity index (χ0n) is 15.3. The van der Waals surface area contributed by atoms with E-state index in [0.717, 1.165) is 32.5 Å². The van der Waals surface area contributed by atoms with Gasteiger partial charge in [0.2, 0.25) is 0 Å². The minimum absolute atomic E-state index is 0.00342. The Bertz CT molecular complexity index is 866. The summed E-state index contributed by atoms with van der Waals surface area (Å²) in [6.45, 7) is 5.34. The van der Waals surface area contributed by atoms with E-state index in [2.05, 4.69) is 4.90 Å². The average molecular weight is 386 g/mol. The first-order valence-electron chi connectivity index (χ1n) is 9.26. The summed E-state index contributed by atoms with van der Waals surface area (Å²) in [7, 11) is 0. The number of aromatic nitrogens is 1. The Kier molecular flexibility index (Phi) is 4.92. The highest BCUT2D eigenvalue weighted by Crippen LogP contribution is 2.28. The third-order valence-corrected chi connectivity index (χ3v) is 6.53. The molecule has 0 saturated carbocycles. The lowest BCUT2D eigenvalue weighted by Gasteiger charge is -2.34. The summed E-state index contributed by atoms with van der Waals surface area (Å²) in [5, 5.41) is 12.3. The zero-order chi connectivity index (χ0) is 19.0. The van der Waals surface area contributed by atoms with Gasteiger partial charge in [-0.25, -0.2) is 4.98 Å². The SMILES string of the molecule is Cc1c(C(=O)N2CCN(Cc3nc4c(s3)CCC4)CC2)cccc1[N+](=O)[O-]. The van der Waals surface area contributed by atoms with Gasteiger partial charge in [0.15, 0.2) is 0 Å². The first-order chi connectivity index (χ1) is 13.0. The molecule has 8 heteroatoms. The number of hydrogen-bond acceptors (Lipinski definition) is 6. The fourth-order valence-corrected chi connectivity index (χ4v) is 5.03. The summed E-state index contributed by atoms with van der Waals surface area (Å²) >= 11 is 1.83. The van der Waals surface area contributed by atoms with Gasteiger partial charge in [0.1, 0.15) is 5.01 Å². The molecule has 1 aromatic heterocycles. The van der Waals surface area contributed by atoms with Gasteiger partial charge in [-0.1, -0.05) is 6.07 Å². The molecule has 1 aliphatic heterocycles. The number of carbonyl (C=O) groups excluding carboxylic acids is 1. The lowest BCUT2D eigenvalue weighted by atomic mass is 10.1. The molecule has 4 rings (SSSR count). The molecular formula is C19H22N4O3S. The lowest BCUT2D eigenvalue weighted by Crippen LogP contribution is -2.48. The zero-order valence-corrected chi connectivity index (χ0v) is 16.1. The number of piperazine rings is 1. The van der Waals surface area contributed by atoms with Crippen LogP contribution in [0.5, 0.6) is 0 Å². The number of rotatable bonds is 4. The molecule has 1 saturated heterocycles. The summed E-state index contributed by atoms with van der Waals surface area (Å²) in [5.74, 6) is -0.121. The van der Waals surface area contributed by atoms with Crippen LogP contribution in [0.1, 0.15) is 37.9 Å². The Morgan fingerprint density at radius 1 is 1.26 bits per heavy atom. The minimum Gasteiger partial charge on any atom is -0.336 e. The Morgan fingerprint density at radius 2 is 2.04 bits per heavy atom. The highest BCUT2D eigenvalue weighted by Gasteiger charge is 2.26. The number of amides is 1. The lowest BCUT2D eigenvalue weighted by molar-refractivity contribution is -0.385. The van der Waals surface area contributed by atoms with Crippen LogP contribution < -0.4 is 0 Å². The van der Waals surface area contributed by atoms with Crippen molar-refractivity contribution in [3.8, 4) is 0 Å². The van der Waals surface area contributed by atoms with Crippen molar-refractivity contribution in [1.29, 1.82) is 0 Å². The monoisotopic (exact) mass is 386 g/mol.